The summed E-state index contributed by atoms with van der Waals surface area (Å²) in [5.41, 5.74) is 0.855. The predicted octanol–water partition coefficient (Wildman–Crippen LogP) is 2.03. The quantitative estimate of drug-likeness (QED) is 0.419. The molecule has 66 valence electrons. The van der Waals surface area contributed by atoms with Crippen molar-refractivity contribution in [3.05, 3.63) is 42.0 Å². The lowest BCUT2D eigenvalue weighted by molar-refractivity contribution is -0.129. The lowest BCUT2D eigenvalue weighted by atomic mass is 10.2. The van der Waals surface area contributed by atoms with Crippen LogP contribution in [0.15, 0.2) is 36.4 Å². The van der Waals surface area contributed by atoms with Gasteiger partial charge in [-0.15, -0.1) is 0 Å². The molecular weight excluding hydrogens is 188 g/mol. The molecule has 0 bridgehead atoms. The summed E-state index contributed by atoms with van der Waals surface area (Å²) in [6.07, 6.45) is 2.70. The third-order valence-corrected chi connectivity index (χ3v) is 1.61. The molecule has 0 amide bonds. The highest BCUT2D eigenvalue weighted by atomic mass is 35.5. The largest absolute Gasteiger partial charge is 0.292 e. The number of carbonyl (C=O) groups excluding carboxylic acids is 2. The van der Waals surface area contributed by atoms with Crippen LogP contribution in [0.1, 0.15) is 5.56 Å². The lowest BCUT2D eigenvalue weighted by Crippen LogP contribution is -2.01. The van der Waals surface area contributed by atoms with Gasteiger partial charge in [-0.05, 0) is 23.2 Å². The van der Waals surface area contributed by atoms with Crippen molar-refractivity contribution < 1.29 is 9.59 Å². The zero-order valence-electron chi connectivity index (χ0n) is 6.74. The van der Waals surface area contributed by atoms with E-state index in [1.165, 1.54) is 0 Å². The van der Waals surface area contributed by atoms with Gasteiger partial charge in [0.1, 0.15) is 0 Å². The molecule has 0 radical (unpaired) electrons. The Morgan fingerprint density at radius 1 is 1.15 bits per heavy atom. The maximum atomic E-state index is 10.7. The van der Waals surface area contributed by atoms with Gasteiger partial charge in [0.25, 0.3) is 5.24 Å². The van der Waals surface area contributed by atoms with E-state index < -0.39 is 11.0 Å². The Morgan fingerprint density at radius 2 is 1.77 bits per heavy atom. The zero-order valence-corrected chi connectivity index (χ0v) is 7.49. The van der Waals surface area contributed by atoms with Crippen molar-refractivity contribution in [3.63, 3.8) is 0 Å². The summed E-state index contributed by atoms with van der Waals surface area (Å²) in [7, 11) is 0. The summed E-state index contributed by atoms with van der Waals surface area (Å²) in [5.74, 6) is -0.703. The van der Waals surface area contributed by atoms with E-state index in [4.69, 9.17) is 11.6 Å². The Kier molecular flexibility index (Phi) is 3.41. The topological polar surface area (TPSA) is 34.1 Å². The number of rotatable bonds is 3. The predicted molar refractivity (Wildman–Crippen MR) is 51.3 cm³/mol. The molecule has 0 aromatic heterocycles. The fraction of sp³-hybridized carbons (Fsp3) is 0. The summed E-state index contributed by atoms with van der Waals surface area (Å²) in [6.45, 7) is 0. The summed E-state index contributed by atoms with van der Waals surface area (Å²) in [6, 6.07) is 9.19. The van der Waals surface area contributed by atoms with Crippen LogP contribution in [0.4, 0.5) is 0 Å². The van der Waals surface area contributed by atoms with Crippen LogP contribution in [0.5, 0.6) is 0 Å². The fourth-order valence-corrected chi connectivity index (χ4v) is 0.865. The number of hydrogen-bond acceptors (Lipinski definition) is 2. The smallest absolute Gasteiger partial charge is 0.285 e. The highest BCUT2D eigenvalue weighted by Crippen LogP contribution is 2.01. The molecule has 0 spiro atoms. The van der Waals surface area contributed by atoms with Crippen molar-refractivity contribution in [2.45, 2.75) is 0 Å². The minimum Gasteiger partial charge on any atom is -0.285 e. The van der Waals surface area contributed by atoms with Crippen LogP contribution in [0.3, 0.4) is 0 Å². The molecule has 1 aromatic rings. The number of ketones is 1. The molecule has 0 aliphatic rings. The van der Waals surface area contributed by atoms with Crippen LogP contribution in [0.2, 0.25) is 0 Å². The van der Waals surface area contributed by atoms with Crippen LogP contribution in [0, 0.1) is 0 Å². The summed E-state index contributed by atoms with van der Waals surface area (Å²) in [4.78, 5) is 21.1. The van der Waals surface area contributed by atoms with Gasteiger partial charge in [0.05, 0.1) is 0 Å². The number of allylic oxidation sites excluding steroid dienone is 1. The molecule has 0 heterocycles. The molecule has 1 aromatic carbocycles. The van der Waals surface area contributed by atoms with Gasteiger partial charge in [0.2, 0.25) is 5.78 Å². The van der Waals surface area contributed by atoms with Crippen molar-refractivity contribution in [2.75, 3.05) is 0 Å². The van der Waals surface area contributed by atoms with Gasteiger partial charge in [0, 0.05) is 0 Å². The molecule has 0 atom stereocenters. The summed E-state index contributed by atoms with van der Waals surface area (Å²) < 4.78 is 0. The van der Waals surface area contributed by atoms with Gasteiger partial charge in [0.15, 0.2) is 0 Å². The van der Waals surface area contributed by atoms with Gasteiger partial charge in [-0.3, -0.25) is 9.59 Å². The minimum atomic E-state index is -0.966. The maximum absolute atomic E-state index is 10.7. The molecular formula is C10H7ClO2. The average Bonchev–Trinajstić information content (AvgIpc) is 2.15. The molecule has 1 rings (SSSR count). The second-order valence-corrected chi connectivity index (χ2v) is 2.73. The highest BCUT2D eigenvalue weighted by Gasteiger charge is 2.03. The SMILES string of the molecule is O=C(Cl)C(=O)C=Cc1ccccc1. The van der Waals surface area contributed by atoms with Crippen LogP contribution < -0.4 is 0 Å². The third-order valence-electron chi connectivity index (χ3n) is 1.42. The highest BCUT2D eigenvalue weighted by molar-refractivity contribution is 6.82. The molecule has 0 fully saturated rings. The Morgan fingerprint density at radius 3 is 2.31 bits per heavy atom. The second kappa shape index (κ2) is 4.58. The van der Waals surface area contributed by atoms with Crippen molar-refractivity contribution >= 4 is 28.7 Å². The van der Waals surface area contributed by atoms with E-state index in [-0.39, 0.29) is 0 Å². The molecule has 13 heavy (non-hydrogen) atoms. The normalized spacial score (nSPS) is 10.2. The van der Waals surface area contributed by atoms with E-state index in [1.807, 2.05) is 30.3 Å². The van der Waals surface area contributed by atoms with Crippen LogP contribution in [-0.2, 0) is 9.59 Å². The van der Waals surface area contributed by atoms with E-state index in [0.29, 0.717) is 0 Å². The number of hydrogen-bond donors (Lipinski definition) is 0. The van der Waals surface area contributed by atoms with Crippen LogP contribution >= 0.6 is 11.6 Å². The maximum Gasteiger partial charge on any atom is 0.292 e. The van der Waals surface area contributed by atoms with Gasteiger partial charge >= 0.3 is 0 Å². The first-order valence-corrected chi connectivity index (χ1v) is 4.05. The lowest BCUT2D eigenvalue weighted by Gasteiger charge is -1.89. The molecule has 2 nitrogen and oxygen atoms in total. The Hall–Kier alpha value is -1.41. The first-order chi connectivity index (χ1) is 6.20. The number of benzene rings is 1. The molecule has 0 aliphatic heterocycles. The van der Waals surface area contributed by atoms with Gasteiger partial charge in [-0.1, -0.05) is 36.4 Å². The Labute approximate surface area is 80.8 Å². The number of halogens is 1. The van der Waals surface area contributed by atoms with E-state index in [9.17, 15) is 9.59 Å². The molecule has 0 N–H and O–H groups in total. The van der Waals surface area contributed by atoms with E-state index in [0.717, 1.165) is 11.6 Å². The van der Waals surface area contributed by atoms with Gasteiger partial charge in [-0.25, -0.2) is 0 Å². The third kappa shape index (κ3) is 3.22. The first kappa shape index (κ1) is 9.68. The average molecular weight is 195 g/mol. The Balaban J connectivity index is 2.70. The van der Waals surface area contributed by atoms with Gasteiger partial charge < -0.3 is 0 Å². The monoisotopic (exact) mass is 194 g/mol. The van der Waals surface area contributed by atoms with E-state index in [2.05, 4.69) is 0 Å². The van der Waals surface area contributed by atoms with Crippen LogP contribution in [0.25, 0.3) is 6.08 Å². The summed E-state index contributed by atoms with van der Waals surface area (Å²) in [5, 5.41) is -0.966. The standard InChI is InChI=1S/C10H7ClO2/c11-10(13)9(12)7-6-8-4-2-1-3-5-8/h1-7H. The molecule has 0 saturated carbocycles. The summed E-state index contributed by atoms with van der Waals surface area (Å²) >= 11 is 4.95. The van der Waals surface area contributed by atoms with Crippen molar-refractivity contribution in [1.82, 2.24) is 0 Å². The van der Waals surface area contributed by atoms with Crippen molar-refractivity contribution in [3.8, 4) is 0 Å². The molecule has 0 saturated heterocycles. The molecule has 0 aliphatic carbocycles. The minimum absolute atomic E-state index is 0.703. The zero-order chi connectivity index (χ0) is 9.68. The first-order valence-electron chi connectivity index (χ1n) is 3.67. The van der Waals surface area contributed by atoms with E-state index >= 15 is 0 Å². The molecule has 3 heteroatoms. The van der Waals surface area contributed by atoms with E-state index in [1.54, 1.807) is 6.08 Å². The van der Waals surface area contributed by atoms with Crippen molar-refractivity contribution in [2.24, 2.45) is 0 Å². The number of carbonyl (C=O) groups is 2. The Bertz CT molecular complexity index is 341. The fourth-order valence-electron chi connectivity index (χ4n) is 0.802. The van der Waals surface area contributed by atoms with Gasteiger partial charge in [-0.2, -0.15) is 0 Å². The van der Waals surface area contributed by atoms with Crippen LogP contribution in [-0.4, -0.2) is 11.0 Å². The molecule has 0 unspecified atom stereocenters. The van der Waals surface area contributed by atoms with Crippen molar-refractivity contribution in [1.29, 1.82) is 0 Å². The second-order valence-electron chi connectivity index (χ2n) is 2.38.